The lowest BCUT2D eigenvalue weighted by Gasteiger charge is -2.18. The molecule has 1 atom stereocenters. The van der Waals surface area contributed by atoms with Gasteiger partial charge in [-0.2, -0.15) is 0 Å². The zero-order valence-electron chi connectivity index (χ0n) is 10.7. The van der Waals surface area contributed by atoms with Crippen molar-refractivity contribution in [3.63, 3.8) is 0 Å². The molecule has 100 valence electrons. The molecule has 0 aliphatic heterocycles. The molecule has 0 aromatic heterocycles. The van der Waals surface area contributed by atoms with E-state index < -0.39 is 17.7 Å². The van der Waals surface area contributed by atoms with Gasteiger partial charge < -0.3 is 0 Å². The molecule has 2 aromatic rings. The maximum absolute atomic E-state index is 13.8. The highest BCUT2D eigenvalue weighted by atomic mass is 19.1. The standard InChI is InChI=1S/C15H16F2N2/c1-2-10-3-5-11(6-4-10)15(19-18)13-8-7-12(16)9-14(13)17/h3-9,15,19H,2,18H2,1H3. The van der Waals surface area contributed by atoms with Gasteiger partial charge in [0.2, 0.25) is 0 Å². The molecule has 2 rings (SSSR count). The van der Waals surface area contributed by atoms with Gasteiger partial charge in [0.25, 0.3) is 0 Å². The summed E-state index contributed by atoms with van der Waals surface area (Å²) >= 11 is 0. The summed E-state index contributed by atoms with van der Waals surface area (Å²) in [7, 11) is 0. The third-order valence-electron chi connectivity index (χ3n) is 3.16. The van der Waals surface area contributed by atoms with Gasteiger partial charge in [-0.25, -0.2) is 14.2 Å². The van der Waals surface area contributed by atoms with Crippen LogP contribution in [0.15, 0.2) is 42.5 Å². The number of nitrogens with one attached hydrogen (secondary N) is 1. The van der Waals surface area contributed by atoms with Crippen LogP contribution in [0.2, 0.25) is 0 Å². The zero-order valence-corrected chi connectivity index (χ0v) is 10.7. The summed E-state index contributed by atoms with van der Waals surface area (Å²) in [6.45, 7) is 2.06. The van der Waals surface area contributed by atoms with Gasteiger partial charge in [0.05, 0.1) is 6.04 Å². The first-order valence-corrected chi connectivity index (χ1v) is 6.15. The van der Waals surface area contributed by atoms with E-state index in [0.29, 0.717) is 5.56 Å². The molecule has 2 aromatic carbocycles. The Kier molecular flexibility index (Phi) is 4.24. The average molecular weight is 262 g/mol. The van der Waals surface area contributed by atoms with Crippen molar-refractivity contribution >= 4 is 0 Å². The van der Waals surface area contributed by atoms with E-state index in [1.54, 1.807) is 0 Å². The second-order valence-electron chi connectivity index (χ2n) is 4.36. The number of hydrazine groups is 1. The highest BCUT2D eigenvalue weighted by molar-refractivity contribution is 5.34. The molecule has 0 saturated carbocycles. The van der Waals surface area contributed by atoms with Crippen LogP contribution in [0, 0.1) is 11.6 Å². The minimum atomic E-state index is -0.609. The number of nitrogens with two attached hydrogens (primary N) is 1. The van der Waals surface area contributed by atoms with Crippen LogP contribution >= 0.6 is 0 Å². The number of aryl methyl sites for hydroxylation is 1. The molecule has 2 nitrogen and oxygen atoms in total. The molecule has 0 heterocycles. The summed E-state index contributed by atoms with van der Waals surface area (Å²) in [6.07, 6.45) is 0.936. The summed E-state index contributed by atoms with van der Waals surface area (Å²) < 4.78 is 26.7. The number of halogens is 2. The van der Waals surface area contributed by atoms with E-state index in [1.165, 1.54) is 17.7 Å². The molecule has 0 aliphatic rings. The average Bonchev–Trinajstić information content (AvgIpc) is 2.42. The number of rotatable bonds is 4. The normalized spacial score (nSPS) is 12.4. The Hall–Kier alpha value is -1.78. The van der Waals surface area contributed by atoms with Crippen molar-refractivity contribution < 1.29 is 8.78 Å². The van der Waals surface area contributed by atoms with Crippen LogP contribution in [0.3, 0.4) is 0 Å². The third kappa shape index (κ3) is 2.97. The first-order chi connectivity index (χ1) is 9.15. The minimum absolute atomic E-state index is 0.327. The van der Waals surface area contributed by atoms with E-state index in [2.05, 4.69) is 12.3 Å². The van der Waals surface area contributed by atoms with Crippen molar-refractivity contribution in [3.05, 3.63) is 70.8 Å². The van der Waals surface area contributed by atoms with E-state index in [0.717, 1.165) is 18.1 Å². The Morgan fingerprint density at radius 1 is 1.11 bits per heavy atom. The highest BCUT2D eigenvalue weighted by Crippen LogP contribution is 2.24. The van der Waals surface area contributed by atoms with E-state index in [4.69, 9.17) is 5.84 Å². The number of hydrogen-bond donors (Lipinski definition) is 2. The molecule has 0 amide bonds. The fraction of sp³-hybridized carbons (Fsp3) is 0.200. The van der Waals surface area contributed by atoms with Gasteiger partial charge in [0, 0.05) is 11.6 Å². The number of hydrogen-bond acceptors (Lipinski definition) is 2. The minimum Gasteiger partial charge on any atom is -0.271 e. The van der Waals surface area contributed by atoms with Crippen molar-refractivity contribution in [2.75, 3.05) is 0 Å². The maximum Gasteiger partial charge on any atom is 0.131 e. The lowest BCUT2D eigenvalue weighted by atomic mass is 9.97. The lowest BCUT2D eigenvalue weighted by Crippen LogP contribution is -2.29. The molecule has 0 fully saturated rings. The van der Waals surface area contributed by atoms with Gasteiger partial charge in [-0.15, -0.1) is 0 Å². The molecular weight excluding hydrogens is 246 g/mol. The van der Waals surface area contributed by atoms with E-state index in [1.807, 2.05) is 24.3 Å². The van der Waals surface area contributed by atoms with Gasteiger partial charge in [0.15, 0.2) is 0 Å². The molecule has 0 aliphatic carbocycles. The Balaban J connectivity index is 2.37. The van der Waals surface area contributed by atoms with Crippen LogP contribution in [0.1, 0.15) is 29.7 Å². The fourth-order valence-electron chi connectivity index (χ4n) is 2.05. The molecule has 0 radical (unpaired) electrons. The van der Waals surface area contributed by atoms with E-state index >= 15 is 0 Å². The zero-order chi connectivity index (χ0) is 13.8. The smallest absolute Gasteiger partial charge is 0.131 e. The van der Waals surface area contributed by atoms with E-state index in [9.17, 15) is 8.78 Å². The summed E-state index contributed by atoms with van der Waals surface area (Å²) in [5.74, 6) is 4.30. The second-order valence-corrected chi connectivity index (χ2v) is 4.36. The van der Waals surface area contributed by atoms with Crippen LogP contribution < -0.4 is 11.3 Å². The third-order valence-corrected chi connectivity index (χ3v) is 3.16. The predicted molar refractivity (Wildman–Crippen MR) is 71.3 cm³/mol. The van der Waals surface area contributed by atoms with Crippen LogP contribution in [0.25, 0.3) is 0 Å². The first kappa shape index (κ1) is 13.6. The molecule has 19 heavy (non-hydrogen) atoms. The topological polar surface area (TPSA) is 38.0 Å². The maximum atomic E-state index is 13.8. The van der Waals surface area contributed by atoms with Crippen molar-refractivity contribution in [1.29, 1.82) is 0 Å². The SMILES string of the molecule is CCc1ccc(C(NN)c2ccc(F)cc2F)cc1. The van der Waals surface area contributed by atoms with Crippen molar-refractivity contribution in [3.8, 4) is 0 Å². The van der Waals surface area contributed by atoms with Gasteiger partial charge >= 0.3 is 0 Å². The first-order valence-electron chi connectivity index (χ1n) is 6.15. The van der Waals surface area contributed by atoms with Gasteiger partial charge in [-0.05, 0) is 23.6 Å². The summed E-state index contributed by atoms with van der Waals surface area (Å²) in [6, 6.07) is 10.7. The lowest BCUT2D eigenvalue weighted by molar-refractivity contribution is 0.541. The quantitative estimate of drug-likeness (QED) is 0.656. The van der Waals surface area contributed by atoms with Crippen molar-refractivity contribution in [2.24, 2.45) is 5.84 Å². The van der Waals surface area contributed by atoms with Crippen LogP contribution in [-0.2, 0) is 6.42 Å². The Morgan fingerprint density at radius 3 is 2.32 bits per heavy atom. The highest BCUT2D eigenvalue weighted by Gasteiger charge is 2.16. The molecule has 0 spiro atoms. The monoisotopic (exact) mass is 262 g/mol. The Morgan fingerprint density at radius 2 is 1.79 bits per heavy atom. The Labute approximate surface area is 111 Å². The molecule has 0 bridgehead atoms. The largest absolute Gasteiger partial charge is 0.271 e. The van der Waals surface area contributed by atoms with E-state index in [-0.39, 0.29) is 0 Å². The molecule has 4 heteroatoms. The van der Waals surface area contributed by atoms with Crippen LogP contribution in [-0.4, -0.2) is 0 Å². The molecular formula is C15H16F2N2. The fourth-order valence-corrected chi connectivity index (χ4v) is 2.05. The number of benzene rings is 2. The summed E-state index contributed by atoms with van der Waals surface area (Å²) in [5.41, 5.74) is 4.93. The summed E-state index contributed by atoms with van der Waals surface area (Å²) in [5, 5.41) is 0. The van der Waals surface area contributed by atoms with Gasteiger partial charge in [0.1, 0.15) is 11.6 Å². The summed E-state index contributed by atoms with van der Waals surface area (Å²) in [4.78, 5) is 0. The van der Waals surface area contributed by atoms with Gasteiger partial charge in [-0.3, -0.25) is 5.84 Å². The van der Waals surface area contributed by atoms with Crippen molar-refractivity contribution in [1.82, 2.24) is 5.43 Å². The van der Waals surface area contributed by atoms with Crippen molar-refractivity contribution in [2.45, 2.75) is 19.4 Å². The van der Waals surface area contributed by atoms with Crippen LogP contribution in [0.4, 0.5) is 8.78 Å². The molecule has 0 saturated heterocycles. The Bertz CT molecular complexity index is 553. The molecule has 3 N–H and O–H groups in total. The predicted octanol–water partition coefficient (Wildman–Crippen LogP) is 3.08. The molecule has 1 unspecified atom stereocenters. The second kappa shape index (κ2) is 5.91. The van der Waals surface area contributed by atoms with Gasteiger partial charge in [-0.1, -0.05) is 37.3 Å². The van der Waals surface area contributed by atoms with Crippen LogP contribution in [0.5, 0.6) is 0 Å².